The van der Waals surface area contributed by atoms with E-state index in [4.69, 9.17) is 0 Å². The molecule has 0 saturated carbocycles. The maximum Gasteiger partial charge on any atom is 0.274 e. The van der Waals surface area contributed by atoms with Gasteiger partial charge in [0.15, 0.2) is 5.69 Å². The molecule has 0 bridgehead atoms. The minimum atomic E-state index is -0.257. The summed E-state index contributed by atoms with van der Waals surface area (Å²) in [5.74, 6) is -0.445. The highest BCUT2D eigenvalue weighted by molar-refractivity contribution is 5.98. The van der Waals surface area contributed by atoms with Gasteiger partial charge in [-0.3, -0.25) is 19.1 Å². The van der Waals surface area contributed by atoms with Gasteiger partial charge in [0.05, 0.1) is 0 Å². The number of carbonyl (C=O) groups is 3. The monoisotopic (exact) mass is 496 g/mol. The number of aromatic nitrogens is 2. The largest absolute Gasteiger partial charge is 0.355 e. The van der Waals surface area contributed by atoms with E-state index < -0.39 is 0 Å². The van der Waals surface area contributed by atoms with E-state index in [-0.39, 0.29) is 29.8 Å². The number of nitrogens with one attached hydrogen (secondary N) is 1. The van der Waals surface area contributed by atoms with E-state index in [2.05, 4.69) is 35.2 Å². The first-order chi connectivity index (χ1) is 17.4. The molecule has 0 fully saturated rings. The molecule has 9 nitrogen and oxygen atoms in total. The summed E-state index contributed by atoms with van der Waals surface area (Å²) in [6.45, 7) is 13.9. The topological polar surface area (TPSA) is 90.8 Å². The molecule has 1 aliphatic heterocycles. The molecule has 0 aliphatic carbocycles. The number of fused-ring (bicyclic) bond motifs is 1. The van der Waals surface area contributed by atoms with Crippen molar-refractivity contribution in [3.05, 3.63) is 52.8 Å². The molecule has 3 amide bonds. The smallest absolute Gasteiger partial charge is 0.274 e. The second-order valence-corrected chi connectivity index (χ2v) is 9.22. The van der Waals surface area contributed by atoms with Gasteiger partial charge in [0, 0.05) is 58.3 Å². The lowest BCUT2D eigenvalue weighted by molar-refractivity contribution is -0.121. The van der Waals surface area contributed by atoms with Crippen molar-refractivity contribution in [2.75, 3.05) is 45.8 Å². The molecule has 9 heteroatoms. The van der Waals surface area contributed by atoms with Crippen molar-refractivity contribution >= 4 is 17.7 Å². The van der Waals surface area contributed by atoms with Crippen LogP contribution in [0, 0.1) is 6.92 Å². The summed E-state index contributed by atoms with van der Waals surface area (Å²) in [6.07, 6.45) is 1.000. The number of benzene rings is 1. The van der Waals surface area contributed by atoms with E-state index >= 15 is 0 Å². The first kappa shape index (κ1) is 27.4. The van der Waals surface area contributed by atoms with Crippen LogP contribution in [0.2, 0.25) is 0 Å². The van der Waals surface area contributed by atoms with E-state index in [0.717, 1.165) is 37.2 Å². The number of nitrogens with zero attached hydrogens (tertiary/aromatic N) is 5. The summed E-state index contributed by atoms with van der Waals surface area (Å²) in [7, 11) is 0. The van der Waals surface area contributed by atoms with E-state index in [9.17, 15) is 14.4 Å². The minimum absolute atomic E-state index is 0.0732. The van der Waals surface area contributed by atoms with Gasteiger partial charge in [0.25, 0.3) is 11.8 Å². The number of rotatable bonds is 12. The first-order valence-electron chi connectivity index (χ1n) is 13.1. The van der Waals surface area contributed by atoms with Crippen LogP contribution in [0.5, 0.6) is 0 Å². The molecule has 0 spiro atoms. The van der Waals surface area contributed by atoms with Crippen LogP contribution < -0.4 is 5.32 Å². The molecular formula is C27H40N6O3. The van der Waals surface area contributed by atoms with Crippen LogP contribution in [-0.4, -0.2) is 88.0 Å². The predicted octanol–water partition coefficient (Wildman–Crippen LogP) is 2.55. The third kappa shape index (κ3) is 7.16. The Morgan fingerprint density at radius 3 is 2.53 bits per heavy atom. The maximum atomic E-state index is 13.3. The summed E-state index contributed by atoms with van der Waals surface area (Å²) < 4.78 is 1.65. The fourth-order valence-electron chi connectivity index (χ4n) is 4.50. The molecule has 0 atom stereocenters. The summed E-state index contributed by atoms with van der Waals surface area (Å²) in [5, 5.41) is 7.40. The highest BCUT2D eigenvalue weighted by atomic mass is 16.2. The zero-order valence-electron chi connectivity index (χ0n) is 22.1. The lowest BCUT2D eigenvalue weighted by Crippen LogP contribution is -2.38. The number of likely N-dealkylation sites (N-methyl/N-ethyl adjacent to an activating group) is 1. The van der Waals surface area contributed by atoms with Gasteiger partial charge in [-0.1, -0.05) is 43.7 Å². The van der Waals surface area contributed by atoms with Gasteiger partial charge >= 0.3 is 0 Å². The van der Waals surface area contributed by atoms with Crippen molar-refractivity contribution in [2.45, 2.75) is 53.6 Å². The summed E-state index contributed by atoms with van der Waals surface area (Å²) in [5.41, 5.74) is 2.93. The number of amides is 3. The van der Waals surface area contributed by atoms with Crippen molar-refractivity contribution in [1.82, 2.24) is 29.8 Å². The Morgan fingerprint density at radius 1 is 1.06 bits per heavy atom. The Morgan fingerprint density at radius 2 is 1.83 bits per heavy atom. The fraction of sp³-hybridized carbons (Fsp3) is 0.556. The second kappa shape index (κ2) is 13.2. The van der Waals surface area contributed by atoms with Gasteiger partial charge in [-0.05, 0) is 38.9 Å². The molecule has 2 aromatic rings. The molecule has 0 radical (unpaired) electrons. The minimum Gasteiger partial charge on any atom is -0.355 e. The number of aryl methyl sites for hydroxylation is 2. The molecule has 1 aliphatic rings. The van der Waals surface area contributed by atoms with Crippen LogP contribution in [0.15, 0.2) is 30.3 Å². The Kier molecular flexibility index (Phi) is 10.0. The van der Waals surface area contributed by atoms with Crippen LogP contribution in [0.1, 0.15) is 65.7 Å². The Balaban J connectivity index is 1.60. The van der Waals surface area contributed by atoms with E-state index in [1.54, 1.807) is 15.6 Å². The summed E-state index contributed by atoms with van der Waals surface area (Å²) in [4.78, 5) is 44.4. The molecule has 196 valence electrons. The molecule has 1 aromatic carbocycles. The average Bonchev–Trinajstić information content (AvgIpc) is 3.24. The van der Waals surface area contributed by atoms with Gasteiger partial charge in [0.2, 0.25) is 5.91 Å². The van der Waals surface area contributed by atoms with Crippen LogP contribution in [0.4, 0.5) is 0 Å². The predicted molar refractivity (Wildman–Crippen MR) is 140 cm³/mol. The molecule has 36 heavy (non-hydrogen) atoms. The number of carbonyl (C=O) groups excluding carboxylic acids is 3. The lowest BCUT2D eigenvalue weighted by atomic mass is 10.1. The van der Waals surface area contributed by atoms with Gasteiger partial charge in [0.1, 0.15) is 5.69 Å². The van der Waals surface area contributed by atoms with Crippen LogP contribution in [0.3, 0.4) is 0 Å². The van der Waals surface area contributed by atoms with Crippen LogP contribution in [-0.2, 0) is 17.9 Å². The van der Waals surface area contributed by atoms with Gasteiger partial charge in [-0.15, -0.1) is 0 Å². The zero-order valence-corrected chi connectivity index (χ0v) is 22.1. The maximum absolute atomic E-state index is 13.3. The highest BCUT2D eigenvalue weighted by Gasteiger charge is 2.28. The quantitative estimate of drug-likeness (QED) is 0.488. The third-order valence-corrected chi connectivity index (χ3v) is 6.68. The molecule has 1 aromatic heterocycles. The first-order valence-corrected chi connectivity index (χ1v) is 13.1. The molecule has 0 unspecified atom stereocenters. The molecule has 3 rings (SSSR count). The summed E-state index contributed by atoms with van der Waals surface area (Å²) >= 11 is 0. The normalized spacial score (nSPS) is 13.5. The zero-order chi connectivity index (χ0) is 26.1. The van der Waals surface area contributed by atoms with Crippen LogP contribution >= 0.6 is 0 Å². The van der Waals surface area contributed by atoms with Crippen molar-refractivity contribution in [1.29, 1.82) is 0 Å². The van der Waals surface area contributed by atoms with Crippen molar-refractivity contribution in [3.8, 4) is 0 Å². The van der Waals surface area contributed by atoms with Gasteiger partial charge in [-0.25, -0.2) is 0 Å². The highest BCUT2D eigenvalue weighted by Crippen LogP contribution is 2.18. The van der Waals surface area contributed by atoms with E-state index in [1.165, 1.54) is 0 Å². The lowest BCUT2D eigenvalue weighted by Gasteiger charge is -2.21. The third-order valence-electron chi connectivity index (χ3n) is 6.68. The Hall–Kier alpha value is -3.20. The molecule has 2 heterocycles. The van der Waals surface area contributed by atoms with Crippen molar-refractivity contribution in [2.24, 2.45) is 0 Å². The van der Waals surface area contributed by atoms with Gasteiger partial charge in [-0.2, -0.15) is 5.10 Å². The van der Waals surface area contributed by atoms with E-state index in [0.29, 0.717) is 45.0 Å². The van der Waals surface area contributed by atoms with Crippen LogP contribution in [0.25, 0.3) is 0 Å². The second-order valence-electron chi connectivity index (χ2n) is 9.22. The Labute approximate surface area is 214 Å². The standard InChI is InChI=1S/C27H40N6O3/c1-5-30(6-2)17-13-28-25(34)12-16-31(7-3)26(35)23-19-24-27(36)32(14-9-15-33(24)29-23)20-22-11-8-10-21(4)18-22/h8,10-11,18-19H,5-7,9,12-17,20H2,1-4H3,(H,28,34). The molecule has 0 saturated heterocycles. The average molecular weight is 497 g/mol. The Bertz CT molecular complexity index is 1050. The number of hydrogen-bond donors (Lipinski definition) is 1. The molecule has 1 N–H and O–H groups in total. The fourth-order valence-corrected chi connectivity index (χ4v) is 4.50. The SMILES string of the molecule is CCN(CC)CCNC(=O)CCN(CC)C(=O)c1cc2n(n1)CCCN(Cc1cccc(C)c1)C2=O. The van der Waals surface area contributed by atoms with E-state index in [1.807, 2.05) is 36.9 Å². The molecular weight excluding hydrogens is 456 g/mol. The van der Waals surface area contributed by atoms with Gasteiger partial charge < -0.3 is 20.0 Å². The van der Waals surface area contributed by atoms with Crippen molar-refractivity contribution in [3.63, 3.8) is 0 Å². The number of hydrogen-bond acceptors (Lipinski definition) is 5. The van der Waals surface area contributed by atoms with Crippen molar-refractivity contribution < 1.29 is 14.4 Å². The summed E-state index contributed by atoms with van der Waals surface area (Å²) in [6, 6.07) is 9.75.